The molecule has 0 aliphatic rings. The van der Waals surface area contributed by atoms with Gasteiger partial charge in [0.05, 0.1) is 6.61 Å². The average molecular weight is 275 g/mol. The number of carbonyl (C=O) groups is 1. The maximum absolute atomic E-state index is 10.9. The molecule has 6 nitrogen and oxygen atoms in total. The van der Waals surface area contributed by atoms with Gasteiger partial charge in [0.15, 0.2) is 0 Å². The van der Waals surface area contributed by atoms with Crippen molar-refractivity contribution in [1.29, 1.82) is 0 Å². The molecule has 0 atom stereocenters. The Hall–Kier alpha value is -0.690. The quantitative estimate of drug-likeness (QED) is 0.222. The molecule has 0 aliphatic heterocycles. The van der Waals surface area contributed by atoms with Gasteiger partial charge in [-0.2, -0.15) is 0 Å². The molecule has 0 aromatic carbocycles. The number of methoxy groups -OCH3 is 2. The van der Waals surface area contributed by atoms with Crippen molar-refractivity contribution in [3.05, 3.63) is 0 Å². The number of hydrazine groups is 1. The molecule has 0 heterocycles. The van der Waals surface area contributed by atoms with Crippen LogP contribution in [0.25, 0.3) is 0 Å². The van der Waals surface area contributed by atoms with Gasteiger partial charge in [-0.05, 0) is 25.8 Å². The summed E-state index contributed by atoms with van der Waals surface area (Å²) in [6, 6.07) is 0. The molecule has 0 spiro atoms. The fourth-order valence-electron chi connectivity index (χ4n) is 1.86. The van der Waals surface area contributed by atoms with E-state index in [2.05, 4.69) is 10.3 Å². The monoisotopic (exact) mass is 275 g/mol. The molecule has 0 radical (unpaired) electrons. The second-order valence-corrected chi connectivity index (χ2v) is 4.56. The van der Waals surface area contributed by atoms with E-state index < -0.39 is 0 Å². The normalized spacial score (nSPS) is 10.9. The Morgan fingerprint density at radius 2 is 1.68 bits per heavy atom. The van der Waals surface area contributed by atoms with Gasteiger partial charge in [-0.3, -0.25) is 10.2 Å². The topological polar surface area (TPSA) is 76.8 Å². The number of hydrogen-bond donors (Lipinski definition) is 2. The second-order valence-electron chi connectivity index (χ2n) is 4.56. The molecule has 1 amide bonds. The Bertz CT molecular complexity index is 215. The van der Waals surface area contributed by atoms with Crippen LogP contribution in [0.15, 0.2) is 0 Å². The molecule has 0 aromatic heterocycles. The molecule has 0 fully saturated rings. The third-order valence-electron chi connectivity index (χ3n) is 2.97. The number of nitrogens with one attached hydrogen (secondary N) is 1. The lowest BCUT2D eigenvalue weighted by atomic mass is 10.2. The van der Waals surface area contributed by atoms with Gasteiger partial charge in [0.1, 0.15) is 0 Å². The van der Waals surface area contributed by atoms with E-state index in [1.165, 1.54) is 0 Å². The molecule has 0 aliphatic carbocycles. The molecule has 0 bridgehead atoms. The highest BCUT2D eigenvalue weighted by Crippen LogP contribution is 2.03. The highest BCUT2D eigenvalue weighted by Gasteiger charge is 2.05. The van der Waals surface area contributed by atoms with E-state index in [-0.39, 0.29) is 5.91 Å². The summed E-state index contributed by atoms with van der Waals surface area (Å²) in [5.41, 5.74) is 2.15. The largest absolute Gasteiger partial charge is 0.385 e. The fraction of sp³-hybridized carbons (Fsp3) is 0.923. The van der Waals surface area contributed by atoms with Crippen LogP contribution in [0, 0.1) is 0 Å². The third-order valence-corrected chi connectivity index (χ3v) is 2.97. The number of nitrogens with zero attached hydrogens (tertiary/aromatic N) is 1. The highest BCUT2D eigenvalue weighted by atomic mass is 16.5. The molecular weight excluding hydrogens is 246 g/mol. The summed E-state index contributed by atoms with van der Waals surface area (Å²) in [6.07, 6.45) is 4.57. The molecule has 0 aromatic rings. The fourth-order valence-corrected chi connectivity index (χ4v) is 1.86. The van der Waals surface area contributed by atoms with E-state index in [1.54, 1.807) is 14.2 Å². The molecule has 3 N–H and O–H groups in total. The minimum Gasteiger partial charge on any atom is -0.385 e. The van der Waals surface area contributed by atoms with Gasteiger partial charge in [-0.15, -0.1) is 0 Å². The Kier molecular flexibility index (Phi) is 13.2. The predicted molar refractivity (Wildman–Crippen MR) is 75.6 cm³/mol. The zero-order chi connectivity index (χ0) is 14.3. The summed E-state index contributed by atoms with van der Waals surface area (Å²) in [7, 11) is 3.45. The summed E-state index contributed by atoms with van der Waals surface area (Å²) >= 11 is 0. The van der Waals surface area contributed by atoms with Gasteiger partial charge in [0.25, 0.3) is 0 Å². The number of hydrogen-bond acceptors (Lipinski definition) is 5. The molecule has 0 saturated carbocycles. The molecule has 19 heavy (non-hydrogen) atoms. The predicted octanol–water partition coefficient (Wildman–Crippen LogP) is 0.522. The van der Waals surface area contributed by atoms with Crippen LogP contribution in [0.3, 0.4) is 0 Å². The molecule has 0 saturated heterocycles. The number of unbranched alkanes of at least 4 members (excludes halogenated alkanes) is 2. The van der Waals surface area contributed by atoms with Crippen LogP contribution in [-0.2, 0) is 14.3 Å². The van der Waals surface area contributed by atoms with Crippen LogP contribution in [0.4, 0.5) is 0 Å². The number of ether oxygens (including phenoxy) is 2. The van der Waals surface area contributed by atoms with E-state index in [0.717, 1.165) is 58.5 Å². The summed E-state index contributed by atoms with van der Waals surface area (Å²) in [5, 5.41) is 0. The highest BCUT2D eigenvalue weighted by molar-refractivity contribution is 5.74. The molecule has 0 rings (SSSR count). The number of rotatable bonds is 13. The van der Waals surface area contributed by atoms with Crippen LogP contribution >= 0.6 is 0 Å². The number of carbonyl (C=O) groups excluding carboxylic acids is 1. The maximum atomic E-state index is 10.9. The first kappa shape index (κ1) is 18.3. The standard InChI is InChI=1S/C13H29N3O3/c1-18-11-6-9-16(10-12-19-2)8-5-3-4-7-13(17)15-14/h3-12,14H2,1-2H3,(H,15,17). The van der Waals surface area contributed by atoms with Crippen molar-refractivity contribution in [3.8, 4) is 0 Å². The van der Waals surface area contributed by atoms with Crippen molar-refractivity contribution < 1.29 is 14.3 Å². The van der Waals surface area contributed by atoms with E-state index in [0.29, 0.717) is 6.42 Å². The average Bonchev–Trinajstić information content (AvgIpc) is 2.43. The van der Waals surface area contributed by atoms with Crippen LogP contribution < -0.4 is 11.3 Å². The van der Waals surface area contributed by atoms with Crippen molar-refractivity contribution in [2.24, 2.45) is 5.84 Å². The van der Waals surface area contributed by atoms with Crippen LogP contribution in [0.1, 0.15) is 32.1 Å². The summed E-state index contributed by atoms with van der Waals surface area (Å²) in [6.45, 7) is 4.56. The first-order valence-corrected chi connectivity index (χ1v) is 6.94. The Morgan fingerprint density at radius 1 is 1.00 bits per heavy atom. The zero-order valence-electron chi connectivity index (χ0n) is 12.3. The second kappa shape index (κ2) is 13.7. The lowest BCUT2D eigenvalue weighted by Gasteiger charge is -2.21. The minimum absolute atomic E-state index is 0.0867. The zero-order valence-corrected chi connectivity index (χ0v) is 12.3. The van der Waals surface area contributed by atoms with E-state index in [9.17, 15) is 4.79 Å². The molecule has 0 unspecified atom stereocenters. The lowest BCUT2D eigenvalue weighted by Crippen LogP contribution is -2.30. The summed E-state index contributed by atoms with van der Waals surface area (Å²) in [4.78, 5) is 13.3. The van der Waals surface area contributed by atoms with Gasteiger partial charge in [-0.1, -0.05) is 6.42 Å². The van der Waals surface area contributed by atoms with Crippen LogP contribution in [-0.4, -0.2) is 57.9 Å². The van der Waals surface area contributed by atoms with Gasteiger partial charge in [0.2, 0.25) is 5.91 Å². The summed E-state index contributed by atoms with van der Waals surface area (Å²) < 4.78 is 10.2. The Labute approximate surface area is 116 Å². The first-order chi connectivity index (χ1) is 9.24. The Balaban J connectivity index is 3.63. The van der Waals surface area contributed by atoms with E-state index in [4.69, 9.17) is 15.3 Å². The van der Waals surface area contributed by atoms with Crippen molar-refractivity contribution in [1.82, 2.24) is 10.3 Å². The molecular formula is C13H29N3O3. The smallest absolute Gasteiger partial charge is 0.233 e. The van der Waals surface area contributed by atoms with Gasteiger partial charge < -0.3 is 14.4 Å². The minimum atomic E-state index is -0.0867. The molecule has 114 valence electrons. The van der Waals surface area contributed by atoms with Crippen LogP contribution in [0.5, 0.6) is 0 Å². The van der Waals surface area contributed by atoms with Crippen molar-refractivity contribution >= 4 is 5.91 Å². The van der Waals surface area contributed by atoms with Crippen molar-refractivity contribution in [2.75, 3.05) is 47.1 Å². The number of nitrogens with two attached hydrogens (primary N) is 1. The van der Waals surface area contributed by atoms with E-state index >= 15 is 0 Å². The van der Waals surface area contributed by atoms with Crippen molar-refractivity contribution in [2.45, 2.75) is 32.1 Å². The van der Waals surface area contributed by atoms with E-state index in [1.807, 2.05) is 0 Å². The lowest BCUT2D eigenvalue weighted by molar-refractivity contribution is -0.121. The van der Waals surface area contributed by atoms with Gasteiger partial charge >= 0.3 is 0 Å². The van der Waals surface area contributed by atoms with Crippen LogP contribution in [0.2, 0.25) is 0 Å². The maximum Gasteiger partial charge on any atom is 0.233 e. The van der Waals surface area contributed by atoms with Gasteiger partial charge in [-0.25, -0.2) is 5.84 Å². The SMILES string of the molecule is COCCCN(CCCCCC(=O)NN)CCOC. The van der Waals surface area contributed by atoms with Crippen molar-refractivity contribution in [3.63, 3.8) is 0 Å². The van der Waals surface area contributed by atoms with Gasteiger partial charge in [0, 0.05) is 40.3 Å². The first-order valence-electron chi connectivity index (χ1n) is 6.94. The third kappa shape index (κ3) is 12.1. The molecule has 6 heteroatoms. The number of amides is 1. The summed E-state index contributed by atoms with van der Waals surface area (Å²) in [5.74, 6) is 4.94. The Morgan fingerprint density at radius 3 is 2.32 bits per heavy atom.